The van der Waals surface area contributed by atoms with Crippen molar-refractivity contribution >= 4 is 0 Å². The second kappa shape index (κ2) is 7.94. The monoisotopic (exact) mass is 317 g/mol. The lowest BCUT2D eigenvalue weighted by Gasteiger charge is -2.31. The summed E-state index contributed by atoms with van der Waals surface area (Å²) >= 11 is 0. The highest BCUT2D eigenvalue weighted by Crippen LogP contribution is 2.31. The molecule has 0 spiro atoms. The van der Waals surface area contributed by atoms with E-state index in [4.69, 9.17) is 9.84 Å². The van der Waals surface area contributed by atoms with Gasteiger partial charge in [-0.25, -0.2) is 0 Å². The molecule has 124 valence electrons. The Morgan fingerprint density at radius 2 is 2.00 bits per heavy atom. The first-order valence-electron chi connectivity index (χ1n) is 7.62. The van der Waals surface area contributed by atoms with Gasteiger partial charge in [-0.2, -0.15) is 13.2 Å². The summed E-state index contributed by atoms with van der Waals surface area (Å²) in [6, 6.07) is 6.90. The molecule has 0 radical (unpaired) electrons. The third-order valence-electron chi connectivity index (χ3n) is 3.92. The predicted molar refractivity (Wildman–Crippen MR) is 77.5 cm³/mol. The van der Waals surface area contributed by atoms with Gasteiger partial charge in [0.05, 0.1) is 6.10 Å². The quantitative estimate of drug-likeness (QED) is 0.811. The van der Waals surface area contributed by atoms with Gasteiger partial charge >= 0.3 is 6.18 Å². The number of nitrogens with one attached hydrogen (secondary N) is 1. The molecule has 22 heavy (non-hydrogen) atoms. The number of ether oxygens (including phenoxy) is 1. The Kier molecular flexibility index (Phi) is 6.23. The SMILES string of the molecule is OCCCC(NC(C1CCCO1)C(F)(F)F)c1ccccc1. The summed E-state index contributed by atoms with van der Waals surface area (Å²) in [4.78, 5) is 0. The van der Waals surface area contributed by atoms with Crippen molar-refractivity contribution in [1.29, 1.82) is 0 Å². The molecule has 3 atom stereocenters. The standard InChI is InChI=1S/C16H22F3NO2/c17-16(18,19)15(14-9-5-11-22-14)20-13(8-4-10-21)12-6-2-1-3-7-12/h1-3,6-7,13-15,20-21H,4-5,8-11H2. The van der Waals surface area contributed by atoms with Gasteiger partial charge in [0.1, 0.15) is 6.04 Å². The summed E-state index contributed by atoms with van der Waals surface area (Å²) in [5.74, 6) is 0. The Labute approximate surface area is 128 Å². The summed E-state index contributed by atoms with van der Waals surface area (Å²) in [5, 5.41) is 11.7. The number of aliphatic hydroxyl groups excluding tert-OH is 1. The molecule has 0 saturated carbocycles. The number of aliphatic hydroxyl groups is 1. The van der Waals surface area contributed by atoms with Crippen LogP contribution in [0.15, 0.2) is 30.3 Å². The molecule has 3 nitrogen and oxygen atoms in total. The van der Waals surface area contributed by atoms with Crippen LogP contribution in [0, 0.1) is 0 Å². The van der Waals surface area contributed by atoms with Crippen molar-refractivity contribution in [3.05, 3.63) is 35.9 Å². The maximum Gasteiger partial charge on any atom is 0.406 e. The van der Waals surface area contributed by atoms with Crippen molar-refractivity contribution in [2.24, 2.45) is 0 Å². The topological polar surface area (TPSA) is 41.5 Å². The maximum atomic E-state index is 13.4. The van der Waals surface area contributed by atoms with E-state index < -0.39 is 24.4 Å². The fourth-order valence-electron chi connectivity index (χ4n) is 2.82. The average molecular weight is 317 g/mol. The molecule has 0 aromatic heterocycles. The number of benzene rings is 1. The molecule has 2 rings (SSSR count). The van der Waals surface area contributed by atoms with Gasteiger partial charge in [-0.1, -0.05) is 30.3 Å². The Morgan fingerprint density at radius 3 is 2.55 bits per heavy atom. The highest BCUT2D eigenvalue weighted by molar-refractivity contribution is 5.19. The molecular weight excluding hydrogens is 295 g/mol. The molecular formula is C16H22F3NO2. The van der Waals surface area contributed by atoms with Crippen molar-refractivity contribution in [3.63, 3.8) is 0 Å². The zero-order valence-corrected chi connectivity index (χ0v) is 12.4. The lowest BCUT2D eigenvalue weighted by atomic mass is 9.99. The van der Waals surface area contributed by atoms with Gasteiger partial charge in [-0.15, -0.1) is 0 Å². The van der Waals surface area contributed by atoms with E-state index in [2.05, 4.69) is 5.32 Å². The average Bonchev–Trinajstić information content (AvgIpc) is 3.01. The van der Waals surface area contributed by atoms with Crippen LogP contribution < -0.4 is 5.32 Å². The largest absolute Gasteiger partial charge is 0.406 e. The Hall–Kier alpha value is -1.11. The number of halogens is 3. The molecule has 1 aromatic carbocycles. The van der Waals surface area contributed by atoms with E-state index in [1.54, 1.807) is 24.3 Å². The van der Waals surface area contributed by atoms with Crippen molar-refractivity contribution in [1.82, 2.24) is 5.32 Å². The van der Waals surface area contributed by atoms with E-state index >= 15 is 0 Å². The fraction of sp³-hybridized carbons (Fsp3) is 0.625. The molecule has 1 heterocycles. The van der Waals surface area contributed by atoms with E-state index in [9.17, 15) is 13.2 Å². The van der Waals surface area contributed by atoms with Crippen LogP contribution in [-0.2, 0) is 4.74 Å². The van der Waals surface area contributed by atoms with Gasteiger partial charge in [0.25, 0.3) is 0 Å². The fourth-order valence-corrected chi connectivity index (χ4v) is 2.82. The van der Waals surface area contributed by atoms with Crippen LogP contribution in [0.2, 0.25) is 0 Å². The second-order valence-electron chi connectivity index (χ2n) is 5.57. The minimum Gasteiger partial charge on any atom is -0.396 e. The highest BCUT2D eigenvalue weighted by atomic mass is 19.4. The zero-order chi connectivity index (χ0) is 16.0. The predicted octanol–water partition coefficient (Wildman–Crippen LogP) is 3.20. The highest BCUT2D eigenvalue weighted by Gasteiger charge is 2.47. The molecule has 0 aliphatic carbocycles. The lowest BCUT2D eigenvalue weighted by molar-refractivity contribution is -0.181. The van der Waals surface area contributed by atoms with E-state index in [-0.39, 0.29) is 6.61 Å². The Bertz CT molecular complexity index is 433. The third-order valence-corrected chi connectivity index (χ3v) is 3.92. The smallest absolute Gasteiger partial charge is 0.396 e. The summed E-state index contributed by atoms with van der Waals surface area (Å²) in [6.45, 7) is 0.340. The van der Waals surface area contributed by atoms with Gasteiger partial charge in [0.2, 0.25) is 0 Å². The first-order valence-corrected chi connectivity index (χ1v) is 7.62. The Balaban J connectivity index is 2.14. The van der Waals surface area contributed by atoms with Gasteiger partial charge in [0, 0.05) is 19.3 Å². The van der Waals surface area contributed by atoms with Crippen LogP contribution in [-0.4, -0.2) is 36.6 Å². The molecule has 3 unspecified atom stereocenters. The van der Waals surface area contributed by atoms with Gasteiger partial charge in [0.15, 0.2) is 0 Å². The van der Waals surface area contributed by atoms with Crippen LogP contribution in [0.5, 0.6) is 0 Å². The van der Waals surface area contributed by atoms with Gasteiger partial charge in [-0.3, -0.25) is 5.32 Å². The van der Waals surface area contributed by atoms with Crippen LogP contribution in [0.3, 0.4) is 0 Å². The Morgan fingerprint density at radius 1 is 1.27 bits per heavy atom. The maximum absolute atomic E-state index is 13.4. The first-order chi connectivity index (χ1) is 10.5. The van der Waals surface area contributed by atoms with Crippen LogP contribution in [0.25, 0.3) is 0 Å². The minimum atomic E-state index is -4.36. The molecule has 6 heteroatoms. The molecule has 0 bridgehead atoms. The summed E-state index contributed by atoms with van der Waals surface area (Å²) < 4.78 is 45.4. The van der Waals surface area contributed by atoms with Gasteiger partial charge in [-0.05, 0) is 31.2 Å². The van der Waals surface area contributed by atoms with Crippen LogP contribution in [0.1, 0.15) is 37.3 Å². The van der Waals surface area contributed by atoms with Crippen molar-refractivity contribution in [3.8, 4) is 0 Å². The minimum absolute atomic E-state index is 0.0401. The normalized spacial score (nSPS) is 21.7. The second-order valence-corrected chi connectivity index (χ2v) is 5.57. The molecule has 2 N–H and O–H groups in total. The van der Waals surface area contributed by atoms with Crippen molar-refractivity contribution < 1.29 is 23.0 Å². The molecule has 1 aromatic rings. The van der Waals surface area contributed by atoms with Crippen LogP contribution in [0.4, 0.5) is 13.2 Å². The number of rotatable bonds is 7. The number of hydrogen-bond acceptors (Lipinski definition) is 3. The lowest BCUT2D eigenvalue weighted by Crippen LogP contribution is -2.51. The van der Waals surface area contributed by atoms with E-state index in [0.717, 1.165) is 5.56 Å². The van der Waals surface area contributed by atoms with Crippen molar-refractivity contribution in [2.45, 2.75) is 50.0 Å². The summed E-state index contributed by atoms with van der Waals surface area (Å²) in [5.41, 5.74) is 0.795. The van der Waals surface area contributed by atoms with Crippen molar-refractivity contribution in [2.75, 3.05) is 13.2 Å². The molecule has 1 aliphatic heterocycles. The van der Waals surface area contributed by atoms with E-state index in [1.807, 2.05) is 6.07 Å². The molecule has 1 fully saturated rings. The molecule has 1 saturated heterocycles. The first kappa shape index (κ1) is 17.2. The molecule has 0 amide bonds. The number of hydrogen-bond donors (Lipinski definition) is 2. The zero-order valence-electron chi connectivity index (χ0n) is 12.4. The van der Waals surface area contributed by atoms with Crippen LogP contribution >= 0.6 is 0 Å². The summed E-state index contributed by atoms with van der Waals surface area (Å²) in [6.07, 6.45) is -3.23. The summed E-state index contributed by atoms with van der Waals surface area (Å²) in [7, 11) is 0. The molecule has 1 aliphatic rings. The number of alkyl halides is 3. The van der Waals surface area contributed by atoms with E-state index in [0.29, 0.717) is 32.3 Å². The van der Waals surface area contributed by atoms with Gasteiger partial charge < -0.3 is 9.84 Å². The van der Waals surface area contributed by atoms with E-state index in [1.165, 1.54) is 0 Å². The third kappa shape index (κ3) is 4.69.